The third-order valence-electron chi connectivity index (χ3n) is 4.99. The van der Waals surface area contributed by atoms with Crippen LogP contribution in [0.15, 0.2) is 36.5 Å². The number of hydrogen-bond donors (Lipinski definition) is 0. The van der Waals surface area contributed by atoms with Crippen LogP contribution in [-0.4, -0.2) is 14.0 Å². The molecule has 0 amide bonds. The maximum atomic E-state index is 12.1. The molecule has 1 aromatic rings. The van der Waals surface area contributed by atoms with E-state index in [1.54, 1.807) is 0 Å². The number of benzene rings is 1. The Hall–Kier alpha value is -1.39. The van der Waals surface area contributed by atoms with Gasteiger partial charge in [-0.1, -0.05) is 81.6 Å². The Labute approximate surface area is 154 Å². The Bertz CT molecular complexity index is 520. The molecule has 0 N–H and O–H groups in total. The number of hydrogen-bond acceptors (Lipinski definition) is 3. The minimum atomic E-state index is -1.63. The van der Waals surface area contributed by atoms with Crippen LogP contribution < -0.4 is 5.19 Å². The fraction of sp³-hybridized carbons (Fsp3) is 0.524. The minimum absolute atomic E-state index is 0.446. The lowest BCUT2D eigenvalue weighted by Gasteiger charge is -2.25. The second kappa shape index (κ2) is 11.3. The van der Waals surface area contributed by atoms with Crippen molar-refractivity contribution in [3.8, 4) is 0 Å². The zero-order valence-corrected chi connectivity index (χ0v) is 17.3. The van der Waals surface area contributed by atoms with Crippen molar-refractivity contribution in [1.82, 2.24) is 0 Å². The summed E-state index contributed by atoms with van der Waals surface area (Å²) in [5, 5.41) is 1.31. The van der Waals surface area contributed by atoms with Gasteiger partial charge in [0.15, 0.2) is 0 Å². The Kier molecular flexibility index (Phi) is 9.76. The van der Waals surface area contributed by atoms with Gasteiger partial charge >= 0.3 is 5.97 Å². The van der Waals surface area contributed by atoms with Crippen LogP contribution in [0.25, 0.3) is 0 Å². The topological polar surface area (TPSA) is 35.5 Å². The van der Waals surface area contributed by atoms with E-state index in [0.717, 1.165) is 31.0 Å². The first kappa shape index (κ1) is 21.6. The smallest absolute Gasteiger partial charge is 0.292 e. The molecule has 0 heterocycles. The molecular formula is C21H33O3Si. The van der Waals surface area contributed by atoms with Gasteiger partial charge in [0.25, 0.3) is 0 Å². The van der Waals surface area contributed by atoms with E-state index in [2.05, 4.69) is 33.0 Å². The van der Waals surface area contributed by atoms with Crippen LogP contribution in [0.5, 0.6) is 0 Å². The van der Waals surface area contributed by atoms with Gasteiger partial charge in [-0.05, 0) is 25.5 Å². The van der Waals surface area contributed by atoms with E-state index in [0.29, 0.717) is 5.56 Å². The molecule has 139 valence electrons. The van der Waals surface area contributed by atoms with Crippen LogP contribution in [0.2, 0.25) is 12.1 Å². The number of rotatable bonds is 12. The van der Waals surface area contributed by atoms with Crippen molar-refractivity contribution in [2.75, 3.05) is 0 Å². The van der Waals surface area contributed by atoms with Crippen molar-refractivity contribution in [3.05, 3.63) is 48.2 Å². The second-order valence-electron chi connectivity index (χ2n) is 6.61. The highest BCUT2D eigenvalue weighted by Crippen LogP contribution is 2.18. The van der Waals surface area contributed by atoms with Crippen molar-refractivity contribution in [2.45, 2.75) is 71.9 Å². The fourth-order valence-corrected chi connectivity index (χ4v) is 5.96. The summed E-state index contributed by atoms with van der Waals surface area (Å²) in [5.74, 6) is -0.446. The standard InChI is InChI=1S/C21H33O3Si/c1-6-10-11-12-13-18(5)23-24-21(22)19-14-16-20(17-15-19)25(7-2,8-3)9-4/h7,14-17H,2,6,8-13H2,1,3-5H3. The van der Waals surface area contributed by atoms with Crippen LogP contribution in [-0.2, 0) is 9.78 Å². The average molecular weight is 362 g/mol. The number of unbranched alkanes of at least 4 members (excludes halogenated alkanes) is 3. The zero-order valence-electron chi connectivity index (χ0n) is 16.3. The molecule has 0 bridgehead atoms. The quantitative estimate of drug-likeness (QED) is 0.207. The lowest BCUT2D eigenvalue weighted by atomic mass is 10.1. The van der Waals surface area contributed by atoms with Gasteiger partial charge in [-0.15, -0.1) is 6.58 Å². The Morgan fingerprint density at radius 3 is 2.20 bits per heavy atom. The van der Waals surface area contributed by atoms with E-state index in [1.165, 1.54) is 24.4 Å². The number of carbonyl (C=O) groups excluding carboxylic acids is 1. The molecule has 1 rings (SSSR count). The molecule has 0 atom stereocenters. The molecule has 0 spiro atoms. The molecule has 0 aliphatic heterocycles. The van der Waals surface area contributed by atoms with E-state index in [9.17, 15) is 4.79 Å². The first-order chi connectivity index (χ1) is 12.0. The highest BCUT2D eigenvalue weighted by atomic mass is 28.3. The molecule has 1 radical (unpaired) electrons. The molecule has 0 aromatic heterocycles. The van der Waals surface area contributed by atoms with Gasteiger partial charge in [0.05, 0.1) is 5.56 Å². The van der Waals surface area contributed by atoms with Crippen LogP contribution >= 0.6 is 0 Å². The summed E-state index contributed by atoms with van der Waals surface area (Å²) in [4.78, 5) is 22.3. The van der Waals surface area contributed by atoms with Gasteiger partial charge in [0.2, 0.25) is 0 Å². The average Bonchev–Trinajstić information content (AvgIpc) is 2.65. The largest absolute Gasteiger partial charge is 0.373 e. The predicted octanol–water partition coefficient (Wildman–Crippen LogP) is 5.72. The number of carbonyl (C=O) groups is 1. The third-order valence-corrected chi connectivity index (χ3v) is 9.78. The predicted molar refractivity (Wildman–Crippen MR) is 107 cm³/mol. The molecule has 3 nitrogen and oxygen atoms in total. The van der Waals surface area contributed by atoms with Gasteiger partial charge in [0, 0.05) is 0 Å². The minimum Gasteiger partial charge on any atom is -0.292 e. The Morgan fingerprint density at radius 2 is 1.68 bits per heavy atom. The highest BCUT2D eigenvalue weighted by Gasteiger charge is 2.27. The second-order valence-corrected chi connectivity index (χ2v) is 11.3. The highest BCUT2D eigenvalue weighted by molar-refractivity contribution is 6.95. The summed E-state index contributed by atoms with van der Waals surface area (Å²) in [6, 6.07) is 9.97. The van der Waals surface area contributed by atoms with E-state index in [1.807, 2.05) is 31.2 Å². The van der Waals surface area contributed by atoms with Gasteiger partial charge in [-0.2, -0.15) is 4.89 Å². The first-order valence-electron chi connectivity index (χ1n) is 9.48. The SMILES string of the molecule is C=C[Si](CC)(CC)c1ccc(C(=O)OO[C](C)CCCCCC)cc1. The summed E-state index contributed by atoms with van der Waals surface area (Å²) in [6.07, 6.45) is 6.25. The van der Waals surface area contributed by atoms with E-state index in [-0.39, 0.29) is 0 Å². The Balaban J connectivity index is 2.55. The van der Waals surface area contributed by atoms with Crippen LogP contribution in [0, 0.1) is 6.10 Å². The van der Waals surface area contributed by atoms with Crippen LogP contribution in [0.3, 0.4) is 0 Å². The van der Waals surface area contributed by atoms with E-state index >= 15 is 0 Å². The van der Waals surface area contributed by atoms with Crippen molar-refractivity contribution in [2.24, 2.45) is 0 Å². The molecule has 0 aliphatic carbocycles. The Morgan fingerprint density at radius 1 is 1.04 bits per heavy atom. The molecule has 0 saturated carbocycles. The molecule has 0 unspecified atom stereocenters. The van der Waals surface area contributed by atoms with E-state index in [4.69, 9.17) is 9.78 Å². The van der Waals surface area contributed by atoms with Crippen LogP contribution in [0.1, 0.15) is 70.2 Å². The third kappa shape index (κ3) is 6.44. The maximum Gasteiger partial charge on any atom is 0.373 e. The monoisotopic (exact) mass is 361 g/mol. The van der Waals surface area contributed by atoms with Crippen molar-refractivity contribution < 1.29 is 14.6 Å². The van der Waals surface area contributed by atoms with Gasteiger partial charge < -0.3 is 0 Å². The molecule has 0 fully saturated rings. The molecule has 25 heavy (non-hydrogen) atoms. The summed E-state index contributed by atoms with van der Waals surface area (Å²) >= 11 is 0. The van der Waals surface area contributed by atoms with Crippen molar-refractivity contribution in [1.29, 1.82) is 0 Å². The normalized spacial score (nSPS) is 11.6. The zero-order chi connectivity index (χ0) is 18.7. The van der Waals surface area contributed by atoms with Crippen molar-refractivity contribution in [3.63, 3.8) is 0 Å². The molecule has 0 aliphatic rings. The van der Waals surface area contributed by atoms with Crippen molar-refractivity contribution >= 4 is 19.2 Å². The lowest BCUT2D eigenvalue weighted by molar-refractivity contribution is -0.233. The molecular weight excluding hydrogens is 328 g/mol. The summed E-state index contributed by atoms with van der Waals surface area (Å²) in [6.45, 7) is 12.5. The van der Waals surface area contributed by atoms with Crippen LogP contribution in [0.4, 0.5) is 0 Å². The van der Waals surface area contributed by atoms with Gasteiger partial charge in [0.1, 0.15) is 14.2 Å². The first-order valence-corrected chi connectivity index (χ1v) is 12.0. The molecule has 4 heteroatoms. The molecule has 0 saturated heterocycles. The summed E-state index contributed by atoms with van der Waals surface area (Å²) in [7, 11) is -1.63. The summed E-state index contributed by atoms with van der Waals surface area (Å²) < 4.78 is 0. The summed E-state index contributed by atoms with van der Waals surface area (Å²) in [5.41, 5.74) is 2.65. The maximum absolute atomic E-state index is 12.1. The molecule has 1 aromatic carbocycles. The lowest BCUT2D eigenvalue weighted by Crippen LogP contribution is -2.44. The van der Waals surface area contributed by atoms with E-state index < -0.39 is 14.0 Å². The van der Waals surface area contributed by atoms with Gasteiger partial charge in [-0.25, -0.2) is 4.79 Å². The van der Waals surface area contributed by atoms with Gasteiger partial charge in [-0.3, -0.25) is 4.89 Å². The fourth-order valence-electron chi connectivity index (χ4n) is 3.00.